The van der Waals surface area contributed by atoms with Crippen molar-refractivity contribution < 1.29 is 19.1 Å². The third kappa shape index (κ3) is 4.84. The number of hydrogen-bond donors (Lipinski definition) is 1. The molecule has 88 valence electrons. The van der Waals surface area contributed by atoms with Crippen LogP contribution in [0.25, 0.3) is 0 Å². The van der Waals surface area contributed by atoms with Crippen molar-refractivity contribution in [1.29, 1.82) is 0 Å². The van der Waals surface area contributed by atoms with E-state index in [1.807, 2.05) is 6.07 Å². The molecule has 0 spiro atoms. The molecule has 0 aliphatic heterocycles. The lowest BCUT2D eigenvalue weighted by atomic mass is 10.3. The average molecular weight is 240 g/mol. The van der Waals surface area contributed by atoms with E-state index < -0.39 is 14.3 Å². The predicted octanol–water partition coefficient (Wildman–Crippen LogP) is 2.36. The van der Waals surface area contributed by atoms with Gasteiger partial charge in [-0.3, -0.25) is 0 Å². The van der Waals surface area contributed by atoms with Gasteiger partial charge in [-0.15, -0.1) is 0 Å². The summed E-state index contributed by atoms with van der Waals surface area (Å²) in [5.41, 5.74) is 0. The summed E-state index contributed by atoms with van der Waals surface area (Å²) in [5, 5.41) is 8.48. The molecule has 0 aliphatic rings. The first-order valence-corrected chi connectivity index (χ1v) is 8.41. The van der Waals surface area contributed by atoms with E-state index >= 15 is 0 Å². The number of carboxylic acids is 1. The fourth-order valence-electron chi connectivity index (χ4n) is 1.13. The Balaban J connectivity index is 2.67. The molecule has 1 aromatic carbocycles. The van der Waals surface area contributed by atoms with Crippen molar-refractivity contribution in [3.8, 4) is 11.5 Å². The smallest absolute Gasteiger partial charge is 0.341 e. The molecule has 5 heteroatoms. The van der Waals surface area contributed by atoms with Crippen LogP contribution in [-0.2, 0) is 4.79 Å². The van der Waals surface area contributed by atoms with E-state index in [0.717, 1.165) is 5.75 Å². The molecule has 4 nitrogen and oxygen atoms in total. The van der Waals surface area contributed by atoms with Crippen molar-refractivity contribution in [3.63, 3.8) is 0 Å². The first kappa shape index (κ1) is 12.6. The number of hydrogen-bond acceptors (Lipinski definition) is 3. The molecule has 0 amide bonds. The highest BCUT2D eigenvalue weighted by Gasteiger charge is 2.16. The highest BCUT2D eigenvalue weighted by molar-refractivity contribution is 6.70. The standard InChI is InChI=1S/C11H16O4Si/c1-16(2,3)15-10-6-4-5-9(7-10)14-8-11(12)13/h4-7H,8H2,1-3H3,(H,12,13). The molecule has 0 radical (unpaired) electrons. The molecule has 1 aromatic rings. The quantitative estimate of drug-likeness (QED) is 0.803. The third-order valence-corrected chi connectivity index (χ3v) is 2.44. The van der Waals surface area contributed by atoms with E-state index in [2.05, 4.69) is 19.6 Å². The van der Waals surface area contributed by atoms with E-state index in [-0.39, 0.29) is 6.61 Å². The maximum Gasteiger partial charge on any atom is 0.341 e. The predicted molar refractivity (Wildman–Crippen MR) is 63.5 cm³/mol. The van der Waals surface area contributed by atoms with Crippen LogP contribution < -0.4 is 9.16 Å². The second kappa shape index (κ2) is 5.02. The molecule has 0 saturated carbocycles. The SMILES string of the molecule is C[Si](C)(C)Oc1cccc(OCC(=O)O)c1. The van der Waals surface area contributed by atoms with Crippen molar-refractivity contribution in [1.82, 2.24) is 0 Å². The van der Waals surface area contributed by atoms with Gasteiger partial charge in [0.1, 0.15) is 11.5 Å². The van der Waals surface area contributed by atoms with E-state index in [1.54, 1.807) is 18.2 Å². The number of rotatable bonds is 5. The number of benzene rings is 1. The summed E-state index contributed by atoms with van der Waals surface area (Å²) < 4.78 is 10.8. The normalized spacial score (nSPS) is 10.9. The summed E-state index contributed by atoms with van der Waals surface area (Å²) in [7, 11) is -1.64. The minimum Gasteiger partial charge on any atom is -0.544 e. The molecule has 0 atom stereocenters. The zero-order valence-electron chi connectivity index (χ0n) is 9.69. The third-order valence-electron chi connectivity index (χ3n) is 1.59. The molecular formula is C11H16O4Si. The molecule has 0 heterocycles. The van der Waals surface area contributed by atoms with Crippen LogP contribution in [0.1, 0.15) is 0 Å². The zero-order valence-corrected chi connectivity index (χ0v) is 10.7. The van der Waals surface area contributed by atoms with Gasteiger partial charge in [-0.05, 0) is 31.8 Å². The summed E-state index contributed by atoms with van der Waals surface area (Å²) >= 11 is 0. The van der Waals surface area contributed by atoms with E-state index in [0.29, 0.717) is 5.75 Å². The zero-order chi connectivity index (χ0) is 12.2. The first-order chi connectivity index (χ1) is 7.37. The average Bonchev–Trinajstić information content (AvgIpc) is 2.12. The monoisotopic (exact) mass is 240 g/mol. The van der Waals surface area contributed by atoms with Crippen LogP contribution in [0.15, 0.2) is 24.3 Å². The Bertz CT molecular complexity index is 370. The Morgan fingerprint density at radius 3 is 2.50 bits per heavy atom. The number of carboxylic acid groups (broad SMARTS) is 1. The van der Waals surface area contributed by atoms with Crippen LogP contribution in [0.2, 0.25) is 19.6 Å². The summed E-state index contributed by atoms with van der Waals surface area (Å²) in [6.07, 6.45) is 0. The van der Waals surface area contributed by atoms with Gasteiger partial charge in [0, 0.05) is 6.07 Å². The van der Waals surface area contributed by atoms with Crippen LogP contribution >= 0.6 is 0 Å². The van der Waals surface area contributed by atoms with Gasteiger partial charge in [-0.25, -0.2) is 4.79 Å². The molecule has 0 saturated heterocycles. The highest BCUT2D eigenvalue weighted by Crippen LogP contribution is 2.22. The van der Waals surface area contributed by atoms with Crippen molar-refractivity contribution in [2.45, 2.75) is 19.6 Å². The fourth-order valence-corrected chi connectivity index (χ4v) is 1.96. The second-order valence-corrected chi connectivity index (χ2v) is 8.80. The van der Waals surface area contributed by atoms with Crippen molar-refractivity contribution in [2.24, 2.45) is 0 Å². The van der Waals surface area contributed by atoms with Crippen molar-refractivity contribution in [3.05, 3.63) is 24.3 Å². The number of ether oxygens (including phenoxy) is 1. The number of carbonyl (C=O) groups is 1. The van der Waals surface area contributed by atoms with Crippen LogP contribution in [0.5, 0.6) is 11.5 Å². The Labute approximate surface area is 95.9 Å². The van der Waals surface area contributed by atoms with E-state index in [1.165, 1.54) is 0 Å². The minimum absolute atomic E-state index is 0.337. The lowest BCUT2D eigenvalue weighted by molar-refractivity contribution is -0.139. The maximum atomic E-state index is 10.3. The molecule has 0 fully saturated rings. The van der Waals surface area contributed by atoms with Crippen LogP contribution in [0, 0.1) is 0 Å². The lowest BCUT2D eigenvalue weighted by Gasteiger charge is -2.19. The summed E-state index contributed by atoms with van der Waals surface area (Å²) in [5.74, 6) is 0.247. The van der Waals surface area contributed by atoms with Gasteiger partial charge in [0.25, 0.3) is 0 Å². The van der Waals surface area contributed by atoms with Gasteiger partial charge in [-0.2, -0.15) is 0 Å². The molecule has 0 bridgehead atoms. The Kier molecular flexibility index (Phi) is 3.95. The maximum absolute atomic E-state index is 10.3. The van der Waals surface area contributed by atoms with Gasteiger partial charge in [0.15, 0.2) is 6.61 Å². The molecule has 16 heavy (non-hydrogen) atoms. The van der Waals surface area contributed by atoms with Gasteiger partial charge in [0.05, 0.1) is 0 Å². The minimum atomic E-state index is -1.64. The summed E-state index contributed by atoms with van der Waals surface area (Å²) in [4.78, 5) is 10.3. The van der Waals surface area contributed by atoms with Gasteiger partial charge in [-0.1, -0.05) is 6.07 Å². The Morgan fingerprint density at radius 1 is 1.31 bits per heavy atom. The van der Waals surface area contributed by atoms with Crippen LogP contribution in [0.4, 0.5) is 0 Å². The van der Waals surface area contributed by atoms with E-state index in [9.17, 15) is 4.79 Å². The van der Waals surface area contributed by atoms with Crippen LogP contribution in [0.3, 0.4) is 0 Å². The first-order valence-electron chi connectivity index (χ1n) is 5.00. The molecule has 1 rings (SSSR count). The molecule has 0 aromatic heterocycles. The van der Waals surface area contributed by atoms with Crippen molar-refractivity contribution >= 4 is 14.3 Å². The van der Waals surface area contributed by atoms with Gasteiger partial charge < -0.3 is 14.3 Å². The van der Waals surface area contributed by atoms with E-state index in [4.69, 9.17) is 14.3 Å². The van der Waals surface area contributed by atoms with Gasteiger partial charge in [0.2, 0.25) is 8.32 Å². The van der Waals surface area contributed by atoms with Gasteiger partial charge >= 0.3 is 5.97 Å². The second-order valence-electron chi connectivity index (χ2n) is 4.37. The van der Waals surface area contributed by atoms with Crippen LogP contribution in [-0.4, -0.2) is 26.0 Å². The summed E-state index contributed by atoms with van der Waals surface area (Å²) in [6.45, 7) is 5.91. The molecule has 0 unspecified atom stereocenters. The Morgan fingerprint density at radius 2 is 1.94 bits per heavy atom. The summed E-state index contributed by atoms with van der Waals surface area (Å²) in [6, 6.07) is 7.04. The Hall–Kier alpha value is -1.49. The number of aliphatic carboxylic acids is 1. The lowest BCUT2D eigenvalue weighted by Crippen LogP contribution is -2.29. The molecule has 0 aliphatic carbocycles. The topological polar surface area (TPSA) is 55.8 Å². The molecular weight excluding hydrogens is 224 g/mol. The fraction of sp³-hybridized carbons (Fsp3) is 0.364. The van der Waals surface area contributed by atoms with Crippen molar-refractivity contribution in [2.75, 3.05) is 6.61 Å². The molecule has 1 N–H and O–H groups in total. The highest BCUT2D eigenvalue weighted by atomic mass is 28.4. The largest absolute Gasteiger partial charge is 0.544 e.